The van der Waals surface area contributed by atoms with Gasteiger partial charge in [0.15, 0.2) is 0 Å². The lowest BCUT2D eigenvalue weighted by molar-refractivity contribution is 0.0700. The molecule has 1 unspecified atom stereocenters. The first-order chi connectivity index (χ1) is 9.04. The molecule has 0 bridgehead atoms. The van der Waals surface area contributed by atoms with E-state index in [-0.39, 0.29) is 17.7 Å². The molecule has 1 fully saturated rings. The maximum absolute atomic E-state index is 12.4. The molecule has 3 N–H and O–H groups in total. The molecule has 0 radical (unpaired) electrons. The van der Waals surface area contributed by atoms with Crippen LogP contribution in [0.3, 0.4) is 0 Å². The number of oxime groups is 1. The zero-order valence-electron chi connectivity index (χ0n) is 11.2. The Balaban J connectivity index is 2.13. The lowest BCUT2D eigenvalue weighted by Gasteiger charge is -2.32. The van der Waals surface area contributed by atoms with Gasteiger partial charge in [-0.1, -0.05) is 5.16 Å². The van der Waals surface area contributed by atoms with Crippen LogP contribution in [-0.2, 0) is 7.05 Å². The zero-order chi connectivity index (χ0) is 14.0. The van der Waals surface area contributed by atoms with Crippen LogP contribution in [-0.4, -0.2) is 44.7 Å². The predicted octanol–water partition coefficient (Wildman–Crippen LogP) is 0.327. The molecule has 1 aliphatic heterocycles. The highest BCUT2D eigenvalue weighted by atomic mass is 16.4. The van der Waals surface area contributed by atoms with Crippen LogP contribution in [0.1, 0.15) is 28.9 Å². The molecular weight excluding hydrogens is 246 g/mol. The fourth-order valence-corrected chi connectivity index (χ4v) is 2.36. The van der Waals surface area contributed by atoms with E-state index in [2.05, 4.69) is 10.3 Å². The second-order valence-electron chi connectivity index (χ2n) is 4.88. The topological polar surface area (TPSA) is 96.7 Å². The fourth-order valence-electron chi connectivity index (χ4n) is 2.36. The number of amides is 1. The lowest BCUT2D eigenvalue weighted by Crippen LogP contribution is -2.44. The summed E-state index contributed by atoms with van der Waals surface area (Å²) in [6.07, 6.45) is 3.28. The number of nitrogens with two attached hydrogens (primary N) is 1. The van der Waals surface area contributed by atoms with E-state index in [1.807, 2.05) is 14.0 Å². The van der Waals surface area contributed by atoms with Gasteiger partial charge < -0.3 is 15.8 Å². The summed E-state index contributed by atoms with van der Waals surface area (Å²) in [5.74, 6) is 0.0844. The quantitative estimate of drug-likeness (QED) is 0.348. The minimum atomic E-state index is -0.0697. The Labute approximate surface area is 111 Å². The molecule has 104 valence electrons. The summed E-state index contributed by atoms with van der Waals surface area (Å²) in [5.41, 5.74) is 7.09. The van der Waals surface area contributed by atoms with Crippen molar-refractivity contribution in [2.24, 2.45) is 23.9 Å². The monoisotopic (exact) mass is 265 g/mol. The Kier molecular flexibility index (Phi) is 3.73. The van der Waals surface area contributed by atoms with Crippen molar-refractivity contribution in [3.8, 4) is 0 Å². The molecule has 1 saturated heterocycles. The average Bonchev–Trinajstić information content (AvgIpc) is 2.77. The van der Waals surface area contributed by atoms with Crippen LogP contribution in [0, 0.1) is 12.8 Å². The van der Waals surface area contributed by atoms with Crippen molar-refractivity contribution in [3.63, 3.8) is 0 Å². The SMILES string of the molecule is Cc1c(C(=O)N2CCCC(C(N)=NO)C2)cnn1C. The van der Waals surface area contributed by atoms with Gasteiger partial charge in [-0.05, 0) is 19.8 Å². The molecule has 2 rings (SSSR count). The molecule has 0 saturated carbocycles. The van der Waals surface area contributed by atoms with Crippen LogP contribution < -0.4 is 5.73 Å². The van der Waals surface area contributed by atoms with Crippen molar-refractivity contribution in [2.75, 3.05) is 13.1 Å². The maximum atomic E-state index is 12.4. The van der Waals surface area contributed by atoms with Crippen LogP contribution in [0.5, 0.6) is 0 Å². The number of hydrogen-bond donors (Lipinski definition) is 2. The minimum absolute atomic E-state index is 0.0407. The van der Waals surface area contributed by atoms with Crippen LogP contribution in [0.25, 0.3) is 0 Å². The summed E-state index contributed by atoms with van der Waals surface area (Å²) in [6, 6.07) is 0. The highest BCUT2D eigenvalue weighted by Gasteiger charge is 2.28. The first-order valence-corrected chi connectivity index (χ1v) is 6.30. The summed E-state index contributed by atoms with van der Waals surface area (Å²) >= 11 is 0. The molecular formula is C12H19N5O2. The largest absolute Gasteiger partial charge is 0.409 e. The van der Waals surface area contributed by atoms with Crippen molar-refractivity contribution in [2.45, 2.75) is 19.8 Å². The van der Waals surface area contributed by atoms with Gasteiger partial charge in [0.1, 0.15) is 5.84 Å². The second-order valence-corrected chi connectivity index (χ2v) is 4.88. The van der Waals surface area contributed by atoms with Crippen molar-refractivity contribution >= 4 is 11.7 Å². The number of hydrogen-bond acceptors (Lipinski definition) is 4. The Hall–Kier alpha value is -2.05. The van der Waals surface area contributed by atoms with Crippen molar-refractivity contribution < 1.29 is 10.0 Å². The normalized spacial score (nSPS) is 20.6. The van der Waals surface area contributed by atoms with Crippen molar-refractivity contribution in [1.82, 2.24) is 14.7 Å². The van der Waals surface area contributed by atoms with Gasteiger partial charge in [0, 0.05) is 31.7 Å². The van der Waals surface area contributed by atoms with Crippen LogP contribution >= 0.6 is 0 Å². The number of carbonyl (C=O) groups is 1. The molecule has 1 aliphatic rings. The van der Waals surface area contributed by atoms with Gasteiger partial charge in [-0.3, -0.25) is 9.48 Å². The molecule has 7 nitrogen and oxygen atoms in total. The number of likely N-dealkylation sites (tertiary alicyclic amines) is 1. The van der Waals surface area contributed by atoms with Gasteiger partial charge in [-0.25, -0.2) is 0 Å². The van der Waals surface area contributed by atoms with E-state index in [0.717, 1.165) is 18.5 Å². The number of rotatable bonds is 2. The van der Waals surface area contributed by atoms with Gasteiger partial charge in [-0.2, -0.15) is 5.10 Å². The number of amidine groups is 1. The lowest BCUT2D eigenvalue weighted by atomic mass is 9.96. The molecule has 0 aliphatic carbocycles. The highest BCUT2D eigenvalue weighted by molar-refractivity contribution is 5.95. The maximum Gasteiger partial charge on any atom is 0.257 e. The zero-order valence-corrected chi connectivity index (χ0v) is 11.2. The first kappa shape index (κ1) is 13.4. The van der Waals surface area contributed by atoms with Gasteiger partial charge in [0.2, 0.25) is 0 Å². The molecule has 19 heavy (non-hydrogen) atoms. The Morgan fingerprint density at radius 1 is 1.63 bits per heavy atom. The molecule has 2 heterocycles. The minimum Gasteiger partial charge on any atom is -0.409 e. The fraction of sp³-hybridized carbons (Fsp3) is 0.583. The predicted molar refractivity (Wildman–Crippen MR) is 70.0 cm³/mol. The molecule has 7 heteroatoms. The first-order valence-electron chi connectivity index (χ1n) is 6.30. The van der Waals surface area contributed by atoms with E-state index >= 15 is 0 Å². The smallest absolute Gasteiger partial charge is 0.257 e. The third-order valence-corrected chi connectivity index (χ3v) is 3.71. The molecule has 1 aromatic heterocycles. The van der Waals surface area contributed by atoms with Crippen LogP contribution in [0.2, 0.25) is 0 Å². The van der Waals surface area contributed by atoms with E-state index in [9.17, 15) is 4.79 Å². The standard InChI is InChI=1S/C12H19N5O2/c1-8-10(6-14-16(8)2)12(18)17-5-3-4-9(7-17)11(13)15-19/h6,9,19H,3-5,7H2,1-2H3,(H2,13,15). The number of aryl methyl sites for hydroxylation is 1. The number of piperidine rings is 1. The van der Waals surface area contributed by atoms with E-state index in [1.165, 1.54) is 0 Å². The van der Waals surface area contributed by atoms with Gasteiger partial charge >= 0.3 is 0 Å². The average molecular weight is 265 g/mol. The number of aromatic nitrogens is 2. The molecule has 1 amide bonds. The van der Waals surface area contributed by atoms with Crippen molar-refractivity contribution in [1.29, 1.82) is 0 Å². The second kappa shape index (κ2) is 5.29. The van der Waals surface area contributed by atoms with Crippen LogP contribution in [0.15, 0.2) is 11.4 Å². The Bertz CT molecular complexity index is 508. The Morgan fingerprint density at radius 2 is 2.37 bits per heavy atom. The number of carbonyl (C=O) groups excluding carboxylic acids is 1. The molecule has 0 aromatic carbocycles. The van der Waals surface area contributed by atoms with E-state index in [1.54, 1.807) is 15.8 Å². The molecule has 1 aromatic rings. The Morgan fingerprint density at radius 3 is 2.95 bits per heavy atom. The van der Waals surface area contributed by atoms with Gasteiger partial charge in [0.25, 0.3) is 5.91 Å². The summed E-state index contributed by atoms with van der Waals surface area (Å²) in [4.78, 5) is 14.2. The third kappa shape index (κ3) is 2.54. The van der Waals surface area contributed by atoms with E-state index in [4.69, 9.17) is 10.9 Å². The summed E-state index contributed by atoms with van der Waals surface area (Å²) < 4.78 is 1.68. The van der Waals surface area contributed by atoms with Gasteiger partial charge in [0.05, 0.1) is 11.8 Å². The van der Waals surface area contributed by atoms with Crippen LogP contribution in [0.4, 0.5) is 0 Å². The van der Waals surface area contributed by atoms with Gasteiger partial charge in [-0.15, -0.1) is 0 Å². The van der Waals surface area contributed by atoms with E-state index < -0.39 is 0 Å². The molecule has 1 atom stereocenters. The summed E-state index contributed by atoms with van der Waals surface area (Å²) in [5, 5.41) is 15.8. The van der Waals surface area contributed by atoms with Crippen molar-refractivity contribution in [3.05, 3.63) is 17.5 Å². The summed E-state index contributed by atoms with van der Waals surface area (Å²) in [6.45, 7) is 3.05. The van der Waals surface area contributed by atoms with E-state index in [0.29, 0.717) is 18.7 Å². The third-order valence-electron chi connectivity index (χ3n) is 3.71. The number of nitrogens with zero attached hydrogens (tertiary/aromatic N) is 4. The molecule has 0 spiro atoms. The summed E-state index contributed by atoms with van der Waals surface area (Å²) in [7, 11) is 1.81. The highest BCUT2D eigenvalue weighted by Crippen LogP contribution is 2.19.